The molecule has 0 aliphatic carbocycles. The van der Waals surface area contributed by atoms with E-state index in [1.165, 1.54) is 0 Å². The van der Waals surface area contributed by atoms with Gasteiger partial charge in [0, 0.05) is 20.3 Å². The minimum absolute atomic E-state index is 0.230. The molecule has 5 nitrogen and oxygen atoms in total. The molecule has 0 bridgehead atoms. The van der Waals surface area contributed by atoms with Gasteiger partial charge in [-0.1, -0.05) is 0 Å². The number of hydrogen-bond donors (Lipinski definition) is 2. The average Bonchev–Trinajstić information content (AvgIpc) is 1.79. The zero-order valence-electron chi connectivity index (χ0n) is 6.65. The fraction of sp³-hybridized carbons (Fsp3) is 1.00. The third-order valence-corrected chi connectivity index (χ3v) is 0.507. The minimum atomic E-state index is -3.67. The van der Waals surface area contributed by atoms with Gasteiger partial charge in [-0.3, -0.25) is 4.55 Å². The lowest BCUT2D eigenvalue weighted by Gasteiger charge is -1.89. The van der Waals surface area contributed by atoms with Gasteiger partial charge in [-0.2, -0.15) is 8.42 Å². The number of hydrogen-bond acceptors (Lipinski definition) is 4. The van der Waals surface area contributed by atoms with Crippen LogP contribution < -0.4 is 0 Å². The second-order valence-electron chi connectivity index (χ2n) is 1.80. The number of aliphatic hydroxyl groups is 1. The Morgan fingerprint density at radius 1 is 1.45 bits per heavy atom. The van der Waals surface area contributed by atoms with Crippen LogP contribution in [0.5, 0.6) is 0 Å². The number of ether oxygens (including phenoxy) is 1. The highest BCUT2D eigenvalue weighted by Gasteiger charge is 1.81. The number of methoxy groups -OCH3 is 1. The SMILES string of the molecule is COCCCO.CS(=O)(=O)O. The molecule has 0 saturated heterocycles. The van der Waals surface area contributed by atoms with E-state index in [0.717, 1.165) is 6.42 Å². The third-order valence-electron chi connectivity index (χ3n) is 0.507. The van der Waals surface area contributed by atoms with E-state index in [9.17, 15) is 8.42 Å². The maximum absolute atomic E-state index is 9.19. The standard InChI is InChI=1S/C4H10O2.CH4O3S/c1-6-4-2-3-5;1-5(2,3)4/h5H,2-4H2,1H3;1H3,(H,2,3,4). The van der Waals surface area contributed by atoms with Crippen molar-refractivity contribution in [3.63, 3.8) is 0 Å². The first-order valence-corrected chi connectivity index (χ1v) is 4.79. The lowest BCUT2D eigenvalue weighted by molar-refractivity contribution is 0.166. The first-order chi connectivity index (χ1) is 4.91. The lowest BCUT2D eigenvalue weighted by Crippen LogP contribution is -1.90. The van der Waals surface area contributed by atoms with Gasteiger partial charge in [0.25, 0.3) is 10.1 Å². The van der Waals surface area contributed by atoms with Gasteiger partial charge < -0.3 is 9.84 Å². The normalized spacial score (nSPS) is 10.2. The molecule has 0 unspecified atom stereocenters. The number of rotatable bonds is 3. The van der Waals surface area contributed by atoms with Gasteiger partial charge in [0.1, 0.15) is 0 Å². The number of aliphatic hydroxyl groups excluding tert-OH is 1. The average molecular weight is 186 g/mol. The second kappa shape index (κ2) is 7.93. The van der Waals surface area contributed by atoms with Crippen LogP contribution in [0, 0.1) is 0 Å². The summed E-state index contributed by atoms with van der Waals surface area (Å²) in [5, 5.41) is 8.12. The van der Waals surface area contributed by atoms with Crippen LogP contribution in [0.3, 0.4) is 0 Å². The Bertz CT molecular complexity index is 138. The van der Waals surface area contributed by atoms with Crippen LogP contribution in [0.15, 0.2) is 0 Å². The van der Waals surface area contributed by atoms with Crippen molar-refractivity contribution in [3.8, 4) is 0 Å². The van der Waals surface area contributed by atoms with E-state index in [0.29, 0.717) is 12.9 Å². The van der Waals surface area contributed by atoms with Gasteiger partial charge in [0.2, 0.25) is 0 Å². The molecular formula is C5H14O5S. The summed E-state index contributed by atoms with van der Waals surface area (Å²) in [6, 6.07) is 0. The smallest absolute Gasteiger partial charge is 0.261 e. The maximum atomic E-state index is 9.19. The Hall–Kier alpha value is -0.170. The Morgan fingerprint density at radius 3 is 1.91 bits per heavy atom. The third kappa shape index (κ3) is 75.2. The Kier molecular flexibility index (Phi) is 9.68. The summed E-state index contributed by atoms with van der Waals surface area (Å²) in [6.45, 7) is 0.893. The molecule has 0 aromatic rings. The predicted octanol–water partition coefficient (Wildman–Crippen LogP) is -0.481. The topological polar surface area (TPSA) is 83.8 Å². The molecule has 0 aliphatic heterocycles. The molecule has 0 heterocycles. The van der Waals surface area contributed by atoms with Gasteiger partial charge >= 0.3 is 0 Å². The summed E-state index contributed by atoms with van der Waals surface area (Å²) in [7, 11) is -2.05. The zero-order chi connectivity index (χ0) is 9.33. The van der Waals surface area contributed by atoms with E-state index >= 15 is 0 Å². The summed E-state index contributed by atoms with van der Waals surface area (Å²) in [5.41, 5.74) is 0. The van der Waals surface area contributed by atoms with Crippen molar-refractivity contribution in [1.29, 1.82) is 0 Å². The van der Waals surface area contributed by atoms with E-state index < -0.39 is 10.1 Å². The highest BCUT2D eigenvalue weighted by Crippen LogP contribution is 1.72. The molecule has 70 valence electrons. The van der Waals surface area contributed by atoms with Crippen molar-refractivity contribution in [2.45, 2.75) is 6.42 Å². The molecular weight excluding hydrogens is 172 g/mol. The highest BCUT2D eigenvalue weighted by molar-refractivity contribution is 7.85. The summed E-state index contributed by atoms with van der Waals surface area (Å²) < 4.78 is 30.5. The van der Waals surface area contributed by atoms with Crippen molar-refractivity contribution in [2.75, 3.05) is 26.6 Å². The first-order valence-electron chi connectivity index (χ1n) is 2.94. The summed E-state index contributed by atoms with van der Waals surface area (Å²) in [5.74, 6) is 0. The molecule has 0 saturated carbocycles. The molecule has 6 heteroatoms. The fourth-order valence-electron chi connectivity index (χ4n) is 0.209. The molecule has 0 aromatic carbocycles. The van der Waals surface area contributed by atoms with Crippen molar-refractivity contribution < 1.29 is 22.8 Å². The van der Waals surface area contributed by atoms with Crippen molar-refractivity contribution >= 4 is 10.1 Å². The van der Waals surface area contributed by atoms with Gasteiger partial charge in [0.05, 0.1) is 6.26 Å². The second-order valence-corrected chi connectivity index (χ2v) is 3.27. The quantitative estimate of drug-likeness (QED) is 0.459. The van der Waals surface area contributed by atoms with E-state index in [-0.39, 0.29) is 6.61 Å². The largest absolute Gasteiger partial charge is 0.396 e. The van der Waals surface area contributed by atoms with Crippen molar-refractivity contribution in [3.05, 3.63) is 0 Å². The Labute approximate surface area is 66.7 Å². The van der Waals surface area contributed by atoms with Crippen molar-refractivity contribution in [1.82, 2.24) is 0 Å². The molecule has 0 rings (SSSR count). The van der Waals surface area contributed by atoms with E-state index in [2.05, 4.69) is 4.74 Å². The molecule has 0 spiro atoms. The molecule has 0 radical (unpaired) electrons. The Morgan fingerprint density at radius 2 is 1.82 bits per heavy atom. The monoisotopic (exact) mass is 186 g/mol. The minimum Gasteiger partial charge on any atom is -0.396 e. The maximum Gasteiger partial charge on any atom is 0.261 e. The summed E-state index contributed by atoms with van der Waals surface area (Å²) >= 11 is 0. The molecule has 0 amide bonds. The van der Waals surface area contributed by atoms with Crippen LogP contribution in [-0.2, 0) is 14.9 Å². The molecule has 0 atom stereocenters. The van der Waals surface area contributed by atoms with Crippen molar-refractivity contribution in [2.24, 2.45) is 0 Å². The lowest BCUT2D eigenvalue weighted by atomic mass is 10.5. The van der Waals surface area contributed by atoms with Crippen LogP contribution in [0.4, 0.5) is 0 Å². The molecule has 2 N–H and O–H groups in total. The molecule has 0 fully saturated rings. The van der Waals surface area contributed by atoms with E-state index in [4.69, 9.17) is 9.66 Å². The zero-order valence-corrected chi connectivity index (χ0v) is 7.47. The molecule has 0 aromatic heterocycles. The van der Waals surface area contributed by atoms with E-state index in [1.807, 2.05) is 0 Å². The summed E-state index contributed by atoms with van der Waals surface area (Å²) in [6.07, 6.45) is 1.46. The Balaban J connectivity index is 0. The van der Waals surface area contributed by atoms with Crippen LogP contribution in [-0.4, -0.2) is 44.7 Å². The van der Waals surface area contributed by atoms with Crippen LogP contribution in [0.25, 0.3) is 0 Å². The van der Waals surface area contributed by atoms with Crippen LogP contribution in [0.1, 0.15) is 6.42 Å². The van der Waals surface area contributed by atoms with Crippen LogP contribution >= 0.6 is 0 Å². The van der Waals surface area contributed by atoms with Gasteiger partial charge in [-0.25, -0.2) is 0 Å². The fourth-order valence-corrected chi connectivity index (χ4v) is 0.209. The molecule has 11 heavy (non-hydrogen) atoms. The molecule has 0 aliphatic rings. The van der Waals surface area contributed by atoms with Gasteiger partial charge in [0.15, 0.2) is 0 Å². The van der Waals surface area contributed by atoms with Crippen LogP contribution in [0.2, 0.25) is 0 Å². The van der Waals surface area contributed by atoms with Gasteiger partial charge in [-0.05, 0) is 6.42 Å². The van der Waals surface area contributed by atoms with E-state index in [1.54, 1.807) is 7.11 Å². The first kappa shape index (κ1) is 13.4. The summed E-state index contributed by atoms with van der Waals surface area (Å²) in [4.78, 5) is 0. The predicted molar refractivity (Wildman–Crippen MR) is 41.1 cm³/mol. The van der Waals surface area contributed by atoms with Gasteiger partial charge in [-0.15, -0.1) is 0 Å². The highest BCUT2D eigenvalue weighted by atomic mass is 32.2.